The number of rotatable bonds is 1. The van der Waals surface area contributed by atoms with Crippen LogP contribution in [0.15, 0.2) is 12.1 Å². The van der Waals surface area contributed by atoms with Crippen molar-refractivity contribution >= 4 is 34.0 Å². The van der Waals surface area contributed by atoms with Crippen LogP contribution in [0.4, 0.5) is 13.2 Å². The van der Waals surface area contributed by atoms with Crippen LogP contribution in [-0.2, 0) is 17.0 Å². The fraction of sp³-hybridized carbons (Fsp3) is 0.400. The van der Waals surface area contributed by atoms with Crippen LogP contribution in [0.3, 0.4) is 0 Å². The third kappa shape index (κ3) is 2.46. The second-order valence-corrected chi connectivity index (χ2v) is 6.25. The first-order chi connectivity index (χ1) is 7.80. The number of benzene rings is 1. The molecule has 7 heteroatoms. The standard InChI is InChI=1S/C10H7Cl2F3OS/c11-7-4-5(8-1-2-17(8)16)3-6(9(7)12)10(13,14)15/h3-4,8H,1-2H2. The second kappa shape index (κ2) is 4.44. The zero-order valence-corrected chi connectivity index (χ0v) is 10.7. The topological polar surface area (TPSA) is 17.1 Å². The Morgan fingerprint density at radius 3 is 2.35 bits per heavy atom. The summed E-state index contributed by atoms with van der Waals surface area (Å²) in [5, 5.41) is -1.01. The van der Waals surface area contributed by atoms with Crippen LogP contribution in [0.25, 0.3) is 0 Å². The molecule has 1 fully saturated rings. The predicted octanol–water partition coefficient (Wildman–Crippen LogP) is 4.21. The van der Waals surface area contributed by atoms with Gasteiger partial charge in [-0.15, -0.1) is 0 Å². The molecule has 1 aliphatic rings. The average Bonchev–Trinajstić information content (AvgIpc) is 2.19. The smallest absolute Gasteiger partial charge is 0.259 e. The molecule has 0 aliphatic carbocycles. The average molecular weight is 303 g/mol. The minimum absolute atomic E-state index is 0.152. The summed E-state index contributed by atoms with van der Waals surface area (Å²) in [4.78, 5) is 0. The van der Waals surface area contributed by atoms with Gasteiger partial charge in [-0.05, 0) is 24.1 Å². The van der Waals surface area contributed by atoms with Crippen LogP contribution >= 0.6 is 23.2 Å². The van der Waals surface area contributed by atoms with E-state index in [-0.39, 0.29) is 10.3 Å². The second-order valence-electron chi connectivity index (χ2n) is 3.72. The molecular formula is C10H7Cl2F3OS. The fourth-order valence-electron chi connectivity index (χ4n) is 1.65. The molecule has 1 aromatic rings. The summed E-state index contributed by atoms with van der Waals surface area (Å²) in [6.45, 7) is 0. The fourth-order valence-corrected chi connectivity index (χ4v) is 3.20. The van der Waals surface area contributed by atoms with E-state index >= 15 is 0 Å². The number of hydrogen-bond donors (Lipinski definition) is 0. The molecule has 0 amide bonds. The van der Waals surface area contributed by atoms with Crippen LogP contribution in [-0.4, -0.2) is 9.96 Å². The van der Waals surface area contributed by atoms with Gasteiger partial charge in [0.25, 0.3) is 0 Å². The SMILES string of the molecule is O=S1CCC1c1cc(Cl)c(Cl)c(C(F)(F)F)c1. The predicted molar refractivity (Wildman–Crippen MR) is 61.8 cm³/mol. The number of alkyl halides is 3. The Hall–Kier alpha value is -0.260. The first kappa shape index (κ1) is 13.2. The van der Waals surface area contributed by atoms with Crippen LogP contribution in [0.1, 0.15) is 22.8 Å². The Morgan fingerprint density at radius 1 is 1.29 bits per heavy atom. The van der Waals surface area contributed by atoms with Crippen molar-refractivity contribution in [2.24, 2.45) is 0 Å². The van der Waals surface area contributed by atoms with Crippen molar-refractivity contribution in [3.8, 4) is 0 Å². The van der Waals surface area contributed by atoms with Gasteiger partial charge in [0.05, 0.1) is 20.9 Å². The summed E-state index contributed by atoms with van der Waals surface area (Å²) in [5.41, 5.74) is -0.623. The van der Waals surface area contributed by atoms with E-state index in [0.29, 0.717) is 17.7 Å². The molecule has 1 aliphatic heterocycles. The lowest BCUT2D eigenvalue weighted by Gasteiger charge is -2.26. The minimum atomic E-state index is -4.55. The molecule has 2 atom stereocenters. The molecule has 0 saturated carbocycles. The molecule has 1 nitrogen and oxygen atoms in total. The highest BCUT2D eigenvalue weighted by Gasteiger charge is 2.37. The summed E-state index contributed by atoms with van der Waals surface area (Å²) in [6, 6.07) is 2.30. The number of hydrogen-bond acceptors (Lipinski definition) is 1. The van der Waals surface area contributed by atoms with Crippen molar-refractivity contribution < 1.29 is 17.4 Å². The van der Waals surface area contributed by atoms with Crippen molar-refractivity contribution in [3.05, 3.63) is 33.3 Å². The Kier molecular flexibility index (Phi) is 3.45. The summed E-state index contributed by atoms with van der Waals surface area (Å²) in [6.07, 6.45) is -3.94. The summed E-state index contributed by atoms with van der Waals surface area (Å²) in [5.74, 6) is 0.520. The molecule has 2 rings (SSSR count). The highest BCUT2D eigenvalue weighted by Crippen LogP contribution is 2.42. The van der Waals surface area contributed by atoms with Crippen LogP contribution in [0, 0.1) is 0 Å². The van der Waals surface area contributed by atoms with Crippen LogP contribution < -0.4 is 0 Å². The van der Waals surface area contributed by atoms with E-state index in [1.165, 1.54) is 6.07 Å². The Morgan fingerprint density at radius 2 is 1.94 bits per heavy atom. The summed E-state index contributed by atoms with van der Waals surface area (Å²) in [7, 11) is -1.10. The third-order valence-corrected chi connectivity index (χ3v) is 5.21. The van der Waals surface area contributed by atoms with E-state index in [1.807, 2.05) is 0 Å². The van der Waals surface area contributed by atoms with E-state index < -0.39 is 27.6 Å². The Labute approximate surface area is 108 Å². The van der Waals surface area contributed by atoms with Crippen LogP contribution in [0.5, 0.6) is 0 Å². The Bertz CT molecular complexity index is 487. The van der Waals surface area contributed by atoms with E-state index in [9.17, 15) is 17.4 Å². The third-order valence-electron chi connectivity index (χ3n) is 2.63. The number of halogens is 5. The lowest BCUT2D eigenvalue weighted by Crippen LogP contribution is -2.23. The van der Waals surface area contributed by atoms with Gasteiger partial charge in [0.1, 0.15) is 0 Å². The molecule has 0 bridgehead atoms. The van der Waals surface area contributed by atoms with Gasteiger partial charge in [-0.25, -0.2) is 0 Å². The molecule has 0 spiro atoms. The summed E-state index contributed by atoms with van der Waals surface area (Å²) < 4.78 is 49.4. The lowest BCUT2D eigenvalue weighted by molar-refractivity contribution is -0.137. The highest BCUT2D eigenvalue weighted by molar-refractivity contribution is 7.86. The molecule has 2 unspecified atom stereocenters. The molecule has 0 radical (unpaired) electrons. The van der Waals surface area contributed by atoms with Gasteiger partial charge in [0.15, 0.2) is 0 Å². The first-order valence-electron chi connectivity index (χ1n) is 4.74. The van der Waals surface area contributed by atoms with E-state index in [0.717, 1.165) is 6.07 Å². The summed E-state index contributed by atoms with van der Waals surface area (Å²) >= 11 is 11.2. The van der Waals surface area contributed by atoms with Gasteiger partial charge in [-0.3, -0.25) is 4.21 Å². The van der Waals surface area contributed by atoms with Crippen LogP contribution in [0.2, 0.25) is 10.0 Å². The minimum Gasteiger partial charge on any atom is -0.259 e. The van der Waals surface area contributed by atoms with Crippen molar-refractivity contribution in [1.29, 1.82) is 0 Å². The van der Waals surface area contributed by atoms with E-state index in [2.05, 4.69) is 0 Å². The zero-order chi connectivity index (χ0) is 12.8. The van der Waals surface area contributed by atoms with Crippen molar-refractivity contribution in [1.82, 2.24) is 0 Å². The zero-order valence-electron chi connectivity index (χ0n) is 8.35. The van der Waals surface area contributed by atoms with E-state index in [4.69, 9.17) is 23.2 Å². The molecular weight excluding hydrogens is 296 g/mol. The molecule has 0 N–H and O–H groups in total. The monoisotopic (exact) mass is 302 g/mol. The van der Waals surface area contributed by atoms with Gasteiger partial charge >= 0.3 is 6.18 Å². The van der Waals surface area contributed by atoms with Gasteiger partial charge in [-0.2, -0.15) is 13.2 Å². The largest absolute Gasteiger partial charge is 0.417 e. The quantitative estimate of drug-likeness (QED) is 0.759. The lowest BCUT2D eigenvalue weighted by atomic mass is 10.1. The molecule has 0 aromatic heterocycles. The van der Waals surface area contributed by atoms with Gasteiger partial charge < -0.3 is 0 Å². The molecule has 1 heterocycles. The maximum Gasteiger partial charge on any atom is 0.417 e. The molecule has 94 valence electrons. The van der Waals surface area contributed by atoms with Gasteiger partial charge in [-0.1, -0.05) is 23.2 Å². The van der Waals surface area contributed by atoms with Crippen molar-refractivity contribution in [2.75, 3.05) is 5.75 Å². The normalized spacial score (nSPS) is 24.5. The van der Waals surface area contributed by atoms with Gasteiger partial charge in [0.2, 0.25) is 0 Å². The Balaban J connectivity index is 2.50. The maximum atomic E-state index is 12.7. The molecule has 1 aromatic carbocycles. The molecule has 1 saturated heterocycles. The highest BCUT2D eigenvalue weighted by atomic mass is 35.5. The van der Waals surface area contributed by atoms with Crippen molar-refractivity contribution in [2.45, 2.75) is 17.8 Å². The maximum absolute atomic E-state index is 12.7. The van der Waals surface area contributed by atoms with E-state index in [1.54, 1.807) is 0 Å². The molecule has 17 heavy (non-hydrogen) atoms. The van der Waals surface area contributed by atoms with Gasteiger partial charge in [0, 0.05) is 16.6 Å². The first-order valence-corrected chi connectivity index (χ1v) is 6.88. The van der Waals surface area contributed by atoms with Crippen molar-refractivity contribution in [3.63, 3.8) is 0 Å².